The maximum Gasteiger partial charge on any atom is 0.203 e. The highest BCUT2D eigenvalue weighted by Crippen LogP contribution is 2.37. The number of nitrogens with zero attached hydrogens (tertiary/aromatic N) is 2. The first-order valence-electron chi connectivity index (χ1n) is 10.0. The number of benzene rings is 2. The average molecular weight is 399 g/mol. The van der Waals surface area contributed by atoms with Gasteiger partial charge in [0.1, 0.15) is 6.54 Å². The number of rotatable bonds is 7. The number of quaternary nitrogens is 1. The van der Waals surface area contributed by atoms with E-state index < -0.39 is 0 Å². The van der Waals surface area contributed by atoms with Crippen molar-refractivity contribution >= 4 is 6.21 Å². The van der Waals surface area contributed by atoms with Gasteiger partial charge in [0, 0.05) is 11.1 Å². The molecule has 1 N–H and O–H groups in total. The summed E-state index contributed by atoms with van der Waals surface area (Å²) in [6.07, 6.45) is 1.86. The van der Waals surface area contributed by atoms with Gasteiger partial charge in [0.15, 0.2) is 11.5 Å². The molecule has 1 fully saturated rings. The maximum atomic E-state index is 5.42. The molecule has 3 rings (SSSR count). The predicted molar refractivity (Wildman–Crippen MR) is 116 cm³/mol. The Kier molecular flexibility index (Phi) is 6.99. The standard InChI is InChI=1S/C23H31N3O3/c1-17-6-7-20(18(2)12-17)16-25-8-10-26(11-9-25)24-15-19-13-21(27-3)23(29-5)22(14-19)28-4/h6-7,12-15H,8-11,16H2,1-5H3/p+1/b24-15-. The molecule has 1 aliphatic heterocycles. The third-order valence-corrected chi connectivity index (χ3v) is 5.44. The largest absolute Gasteiger partial charge is 0.493 e. The number of hydrogen-bond acceptors (Lipinski definition) is 5. The zero-order valence-electron chi connectivity index (χ0n) is 18.1. The number of hydrogen-bond donors (Lipinski definition) is 1. The normalized spacial score (nSPS) is 15.0. The lowest BCUT2D eigenvalue weighted by Crippen LogP contribution is -3.13. The number of nitrogens with one attached hydrogen (secondary N) is 1. The lowest BCUT2D eigenvalue weighted by atomic mass is 10.1. The summed E-state index contributed by atoms with van der Waals surface area (Å²) in [4.78, 5) is 1.61. The van der Waals surface area contributed by atoms with Gasteiger partial charge < -0.3 is 19.1 Å². The van der Waals surface area contributed by atoms with E-state index in [1.54, 1.807) is 26.2 Å². The van der Waals surface area contributed by atoms with E-state index in [2.05, 4.69) is 42.2 Å². The quantitative estimate of drug-likeness (QED) is 0.726. The Bertz CT molecular complexity index is 833. The molecule has 0 unspecified atom stereocenters. The molecule has 0 radical (unpaired) electrons. The summed E-state index contributed by atoms with van der Waals surface area (Å²) in [5.74, 6) is 1.86. The van der Waals surface area contributed by atoms with Crippen molar-refractivity contribution < 1.29 is 19.1 Å². The zero-order chi connectivity index (χ0) is 20.8. The van der Waals surface area contributed by atoms with Gasteiger partial charge in [-0.25, -0.2) is 0 Å². The third-order valence-electron chi connectivity index (χ3n) is 5.44. The monoisotopic (exact) mass is 398 g/mol. The van der Waals surface area contributed by atoms with Crippen LogP contribution in [0.2, 0.25) is 0 Å². The Morgan fingerprint density at radius 3 is 2.17 bits per heavy atom. The molecule has 0 atom stereocenters. The van der Waals surface area contributed by atoms with Gasteiger partial charge in [0.2, 0.25) is 5.75 Å². The SMILES string of the molecule is COc1cc(/C=N\N2CC[NH+](Cc3ccc(C)cc3C)CC2)cc(OC)c1OC. The highest BCUT2D eigenvalue weighted by molar-refractivity contribution is 5.82. The van der Waals surface area contributed by atoms with Gasteiger partial charge in [-0.2, -0.15) is 5.10 Å². The molecule has 6 nitrogen and oxygen atoms in total. The number of piperazine rings is 1. The first-order chi connectivity index (χ1) is 14.0. The fraction of sp³-hybridized carbons (Fsp3) is 0.435. The van der Waals surface area contributed by atoms with E-state index in [0.29, 0.717) is 17.2 Å². The molecule has 0 aromatic heterocycles. The van der Waals surface area contributed by atoms with Crippen LogP contribution in [0, 0.1) is 13.8 Å². The molecule has 0 amide bonds. The molecule has 0 saturated carbocycles. The van der Waals surface area contributed by atoms with Crippen LogP contribution in [0.1, 0.15) is 22.3 Å². The van der Waals surface area contributed by atoms with Gasteiger partial charge in [0.05, 0.1) is 53.7 Å². The van der Waals surface area contributed by atoms with Gasteiger partial charge in [-0.15, -0.1) is 0 Å². The number of hydrazone groups is 1. The molecule has 0 bridgehead atoms. The summed E-state index contributed by atoms with van der Waals surface area (Å²) in [6, 6.07) is 10.6. The molecule has 156 valence electrons. The summed E-state index contributed by atoms with van der Waals surface area (Å²) in [5, 5.41) is 6.81. The first-order valence-corrected chi connectivity index (χ1v) is 10.0. The van der Waals surface area contributed by atoms with Gasteiger partial charge in [0.25, 0.3) is 0 Å². The van der Waals surface area contributed by atoms with Crippen LogP contribution in [0.4, 0.5) is 0 Å². The second-order valence-corrected chi connectivity index (χ2v) is 7.51. The van der Waals surface area contributed by atoms with E-state index in [1.165, 1.54) is 16.7 Å². The molecule has 29 heavy (non-hydrogen) atoms. The van der Waals surface area contributed by atoms with E-state index in [4.69, 9.17) is 14.2 Å². The highest BCUT2D eigenvalue weighted by Gasteiger charge is 2.19. The van der Waals surface area contributed by atoms with E-state index in [9.17, 15) is 0 Å². The molecule has 1 saturated heterocycles. The van der Waals surface area contributed by atoms with Crippen LogP contribution in [0.3, 0.4) is 0 Å². The van der Waals surface area contributed by atoms with Crippen LogP contribution in [0.15, 0.2) is 35.4 Å². The van der Waals surface area contributed by atoms with Crippen LogP contribution in [0.25, 0.3) is 0 Å². The Morgan fingerprint density at radius 2 is 1.62 bits per heavy atom. The van der Waals surface area contributed by atoms with Crippen LogP contribution in [-0.4, -0.2) is 58.7 Å². The highest BCUT2D eigenvalue weighted by atomic mass is 16.5. The number of aryl methyl sites for hydroxylation is 2. The van der Waals surface area contributed by atoms with E-state index in [1.807, 2.05) is 18.3 Å². The summed E-state index contributed by atoms with van der Waals surface area (Å²) in [5.41, 5.74) is 5.08. The number of ether oxygens (including phenoxy) is 3. The van der Waals surface area contributed by atoms with Crippen LogP contribution < -0.4 is 19.1 Å². The van der Waals surface area contributed by atoms with Crippen molar-refractivity contribution in [3.05, 3.63) is 52.6 Å². The molecule has 2 aromatic rings. The van der Waals surface area contributed by atoms with Crippen molar-refractivity contribution in [1.29, 1.82) is 0 Å². The molecular weight excluding hydrogens is 366 g/mol. The van der Waals surface area contributed by atoms with Crippen molar-refractivity contribution in [3.63, 3.8) is 0 Å². The van der Waals surface area contributed by atoms with Crippen molar-refractivity contribution in [2.24, 2.45) is 5.10 Å². The van der Waals surface area contributed by atoms with Crippen LogP contribution in [-0.2, 0) is 6.54 Å². The molecule has 2 aromatic carbocycles. The minimum absolute atomic E-state index is 0.593. The molecule has 0 aliphatic carbocycles. The maximum absolute atomic E-state index is 5.42. The lowest BCUT2D eigenvalue weighted by molar-refractivity contribution is -0.918. The predicted octanol–water partition coefficient (Wildman–Crippen LogP) is 2.06. The van der Waals surface area contributed by atoms with Crippen molar-refractivity contribution in [2.75, 3.05) is 47.5 Å². The molecule has 1 heterocycles. The number of methoxy groups -OCH3 is 3. The minimum Gasteiger partial charge on any atom is -0.493 e. The fourth-order valence-electron chi connectivity index (χ4n) is 3.74. The summed E-state index contributed by atoms with van der Waals surface area (Å²) in [6.45, 7) is 9.49. The van der Waals surface area contributed by atoms with Gasteiger partial charge in [-0.05, 0) is 31.5 Å². The molecular formula is C23H32N3O3+. The van der Waals surface area contributed by atoms with Crippen LogP contribution in [0.5, 0.6) is 17.2 Å². The summed E-state index contributed by atoms with van der Waals surface area (Å²) in [7, 11) is 4.85. The second-order valence-electron chi connectivity index (χ2n) is 7.51. The molecule has 0 spiro atoms. The Morgan fingerprint density at radius 1 is 0.966 bits per heavy atom. The van der Waals surface area contributed by atoms with Crippen molar-refractivity contribution in [2.45, 2.75) is 20.4 Å². The van der Waals surface area contributed by atoms with Gasteiger partial charge >= 0.3 is 0 Å². The van der Waals surface area contributed by atoms with Gasteiger partial charge in [-0.1, -0.05) is 23.8 Å². The zero-order valence-corrected chi connectivity index (χ0v) is 18.1. The van der Waals surface area contributed by atoms with Crippen molar-refractivity contribution in [3.8, 4) is 17.2 Å². The topological polar surface area (TPSA) is 47.7 Å². The Labute approximate surface area is 173 Å². The van der Waals surface area contributed by atoms with Crippen molar-refractivity contribution in [1.82, 2.24) is 5.01 Å². The summed E-state index contributed by atoms with van der Waals surface area (Å²) < 4.78 is 16.2. The van der Waals surface area contributed by atoms with E-state index in [0.717, 1.165) is 38.3 Å². The second kappa shape index (κ2) is 9.65. The van der Waals surface area contributed by atoms with E-state index in [-0.39, 0.29) is 0 Å². The first kappa shape index (κ1) is 21.0. The molecule has 6 heteroatoms. The Balaban J connectivity index is 1.60. The Hall–Kier alpha value is -2.73. The fourth-order valence-corrected chi connectivity index (χ4v) is 3.74. The van der Waals surface area contributed by atoms with Gasteiger partial charge in [-0.3, -0.25) is 5.01 Å². The lowest BCUT2D eigenvalue weighted by Gasteiger charge is -2.30. The third kappa shape index (κ3) is 5.21. The molecule has 1 aliphatic rings. The van der Waals surface area contributed by atoms with E-state index >= 15 is 0 Å². The minimum atomic E-state index is 0.593. The van der Waals surface area contributed by atoms with Crippen LogP contribution >= 0.6 is 0 Å². The average Bonchev–Trinajstić information content (AvgIpc) is 2.74. The smallest absolute Gasteiger partial charge is 0.203 e. The summed E-state index contributed by atoms with van der Waals surface area (Å²) >= 11 is 0.